The number of methoxy groups -OCH3 is 2. The van der Waals surface area contributed by atoms with E-state index < -0.39 is 0 Å². The van der Waals surface area contributed by atoms with E-state index in [0.717, 1.165) is 33.3 Å². The summed E-state index contributed by atoms with van der Waals surface area (Å²) in [6.07, 6.45) is 0. The predicted octanol–water partition coefficient (Wildman–Crippen LogP) is 4.09. The number of nitrogens with zero attached hydrogens (tertiary/aromatic N) is 4. The molecule has 0 bridgehead atoms. The Hall–Kier alpha value is -3.04. The Morgan fingerprint density at radius 3 is 2.55 bits per heavy atom. The lowest BCUT2D eigenvalue weighted by molar-refractivity contribution is 0.415. The largest absolute Gasteiger partial charge is 0.497 e. The number of rotatable bonds is 7. The van der Waals surface area contributed by atoms with Crippen LogP contribution in [0.5, 0.6) is 11.5 Å². The van der Waals surface area contributed by atoms with Crippen molar-refractivity contribution in [3.8, 4) is 33.5 Å². The minimum absolute atomic E-state index is 0.602. The maximum Gasteiger partial charge on any atom is 0.210 e. The summed E-state index contributed by atoms with van der Waals surface area (Å²) in [5.74, 6) is 9.05. The molecule has 0 spiro atoms. The van der Waals surface area contributed by atoms with E-state index >= 15 is 0 Å². The van der Waals surface area contributed by atoms with Crippen molar-refractivity contribution in [1.29, 1.82) is 0 Å². The standard InChI is InChI=1S/C20H19N5O2S2/c1-26-16-8-6-13(7-9-16)18-23-24-20(25(18)21)29-12-15-11-28-19(22-15)14-4-3-5-17(10-14)27-2/h3-11H,12,21H2,1-2H3. The maximum absolute atomic E-state index is 6.21. The van der Waals surface area contributed by atoms with Crippen molar-refractivity contribution in [2.45, 2.75) is 10.9 Å². The van der Waals surface area contributed by atoms with Gasteiger partial charge in [-0.2, -0.15) is 0 Å². The molecule has 2 aromatic carbocycles. The summed E-state index contributed by atoms with van der Waals surface area (Å²) in [4.78, 5) is 4.71. The number of ether oxygens (including phenoxy) is 2. The fourth-order valence-corrected chi connectivity index (χ4v) is 4.38. The number of thioether (sulfide) groups is 1. The van der Waals surface area contributed by atoms with Crippen LogP contribution in [0, 0.1) is 0 Å². The Kier molecular flexibility index (Phi) is 5.68. The normalized spacial score (nSPS) is 10.8. The van der Waals surface area contributed by atoms with Gasteiger partial charge in [0.05, 0.1) is 19.9 Å². The molecule has 2 aromatic heterocycles. The van der Waals surface area contributed by atoms with Gasteiger partial charge in [-0.15, -0.1) is 21.5 Å². The minimum Gasteiger partial charge on any atom is -0.497 e. The van der Waals surface area contributed by atoms with Crippen LogP contribution in [0.1, 0.15) is 5.69 Å². The van der Waals surface area contributed by atoms with Crippen LogP contribution in [-0.2, 0) is 5.75 Å². The molecule has 7 nitrogen and oxygen atoms in total. The number of benzene rings is 2. The lowest BCUT2D eigenvalue weighted by Crippen LogP contribution is -2.11. The van der Waals surface area contributed by atoms with Gasteiger partial charge in [0.25, 0.3) is 0 Å². The molecule has 2 heterocycles. The number of thiazole rings is 1. The number of hydrogen-bond donors (Lipinski definition) is 1. The molecule has 9 heteroatoms. The summed E-state index contributed by atoms with van der Waals surface area (Å²) < 4.78 is 12.0. The zero-order valence-corrected chi connectivity index (χ0v) is 17.5. The second kappa shape index (κ2) is 8.54. The third kappa shape index (κ3) is 4.20. The first-order valence-corrected chi connectivity index (χ1v) is 10.6. The first kappa shape index (κ1) is 19.3. The summed E-state index contributed by atoms with van der Waals surface area (Å²) in [7, 11) is 3.29. The zero-order valence-electron chi connectivity index (χ0n) is 15.9. The van der Waals surface area contributed by atoms with Crippen molar-refractivity contribution < 1.29 is 9.47 Å². The third-order valence-corrected chi connectivity index (χ3v) is 6.15. The van der Waals surface area contributed by atoms with Gasteiger partial charge in [-0.25, -0.2) is 9.66 Å². The highest BCUT2D eigenvalue weighted by atomic mass is 32.2. The number of hydrogen-bond acceptors (Lipinski definition) is 8. The van der Waals surface area contributed by atoms with Gasteiger partial charge in [0.15, 0.2) is 5.82 Å². The summed E-state index contributed by atoms with van der Waals surface area (Å²) in [5, 5.41) is 12.1. The molecular formula is C20H19N5O2S2. The van der Waals surface area contributed by atoms with Crippen LogP contribution in [0.3, 0.4) is 0 Å². The number of nitrogen functional groups attached to an aromatic ring is 1. The first-order valence-electron chi connectivity index (χ1n) is 8.74. The van der Waals surface area contributed by atoms with Gasteiger partial charge in [-0.1, -0.05) is 23.9 Å². The molecule has 0 fully saturated rings. The van der Waals surface area contributed by atoms with Crippen LogP contribution in [0.2, 0.25) is 0 Å². The summed E-state index contributed by atoms with van der Waals surface area (Å²) in [5.41, 5.74) is 2.88. The van der Waals surface area contributed by atoms with Gasteiger partial charge in [-0.3, -0.25) is 0 Å². The molecule has 4 aromatic rings. The third-order valence-electron chi connectivity index (χ3n) is 4.23. The highest BCUT2D eigenvalue weighted by molar-refractivity contribution is 7.98. The molecule has 4 rings (SSSR count). The highest BCUT2D eigenvalue weighted by Crippen LogP contribution is 2.30. The Morgan fingerprint density at radius 2 is 1.79 bits per heavy atom. The van der Waals surface area contributed by atoms with Gasteiger partial charge in [0, 0.05) is 22.3 Å². The lowest BCUT2D eigenvalue weighted by atomic mass is 10.2. The first-order chi connectivity index (χ1) is 14.2. The molecule has 0 aliphatic rings. The van der Waals surface area contributed by atoms with Gasteiger partial charge >= 0.3 is 0 Å². The van der Waals surface area contributed by atoms with Gasteiger partial charge in [-0.05, 0) is 36.4 Å². The summed E-state index contributed by atoms with van der Waals surface area (Å²) in [6.45, 7) is 0. The van der Waals surface area contributed by atoms with Crippen LogP contribution in [-0.4, -0.2) is 34.1 Å². The van der Waals surface area contributed by atoms with Crippen molar-refractivity contribution >= 4 is 23.1 Å². The van der Waals surface area contributed by atoms with Crippen LogP contribution in [0.25, 0.3) is 22.0 Å². The Morgan fingerprint density at radius 1 is 1.00 bits per heavy atom. The van der Waals surface area contributed by atoms with Crippen molar-refractivity contribution in [2.75, 3.05) is 20.1 Å². The molecule has 2 N–H and O–H groups in total. The fraction of sp³-hybridized carbons (Fsp3) is 0.150. The second-order valence-electron chi connectivity index (χ2n) is 6.07. The molecule has 0 aliphatic carbocycles. The summed E-state index contributed by atoms with van der Waals surface area (Å²) in [6, 6.07) is 15.4. The van der Waals surface area contributed by atoms with E-state index in [1.54, 1.807) is 25.6 Å². The van der Waals surface area contributed by atoms with E-state index in [2.05, 4.69) is 10.2 Å². The Labute approximate surface area is 176 Å². The van der Waals surface area contributed by atoms with E-state index in [0.29, 0.717) is 16.7 Å². The smallest absolute Gasteiger partial charge is 0.210 e. The zero-order chi connectivity index (χ0) is 20.2. The Balaban J connectivity index is 1.46. The molecule has 0 radical (unpaired) electrons. The molecule has 0 amide bonds. The topological polar surface area (TPSA) is 88.1 Å². The van der Waals surface area contributed by atoms with E-state index in [1.165, 1.54) is 16.4 Å². The monoisotopic (exact) mass is 425 g/mol. The van der Waals surface area contributed by atoms with Crippen LogP contribution in [0.15, 0.2) is 59.1 Å². The summed E-state index contributed by atoms with van der Waals surface area (Å²) >= 11 is 3.10. The average Bonchev–Trinajstić information content (AvgIpc) is 3.39. The molecule has 0 saturated carbocycles. The van der Waals surface area contributed by atoms with E-state index in [4.69, 9.17) is 20.3 Å². The Bertz CT molecular complexity index is 1110. The second-order valence-corrected chi connectivity index (χ2v) is 7.87. The van der Waals surface area contributed by atoms with Gasteiger partial charge in [0.1, 0.15) is 16.5 Å². The number of nitrogens with two attached hydrogens (primary N) is 1. The van der Waals surface area contributed by atoms with Crippen molar-refractivity contribution in [3.63, 3.8) is 0 Å². The van der Waals surface area contributed by atoms with Crippen LogP contribution < -0.4 is 15.3 Å². The predicted molar refractivity (Wildman–Crippen MR) is 116 cm³/mol. The van der Waals surface area contributed by atoms with Gasteiger partial charge in [0.2, 0.25) is 5.16 Å². The van der Waals surface area contributed by atoms with Gasteiger partial charge < -0.3 is 15.3 Å². The van der Waals surface area contributed by atoms with Crippen molar-refractivity contribution in [1.82, 2.24) is 19.9 Å². The maximum atomic E-state index is 6.21. The molecule has 29 heavy (non-hydrogen) atoms. The van der Waals surface area contributed by atoms with E-state index in [9.17, 15) is 0 Å². The molecular weight excluding hydrogens is 406 g/mol. The van der Waals surface area contributed by atoms with Crippen molar-refractivity contribution in [2.24, 2.45) is 0 Å². The number of aromatic nitrogens is 4. The van der Waals surface area contributed by atoms with Crippen LogP contribution >= 0.6 is 23.1 Å². The van der Waals surface area contributed by atoms with E-state index in [1.807, 2.05) is 53.9 Å². The minimum atomic E-state index is 0.602. The lowest BCUT2D eigenvalue weighted by Gasteiger charge is -2.04. The molecule has 0 atom stereocenters. The molecule has 0 aliphatic heterocycles. The van der Waals surface area contributed by atoms with Crippen molar-refractivity contribution in [3.05, 3.63) is 59.6 Å². The quantitative estimate of drug-likeness (QED) is 0.352. The molecule has 148 valence electrons. The molecule has 0 saturated heterocycles. The van der Waals surface area contributed by atoms with E-state index in [-0.39, 0.29) is 0 Å². The highest BCUT2D eigenvalue weighted by Gasteiger charge is 2.14. The molecule has 0 unspecified atom stereocenters. The fourth-order valence-electron chi connectivity index (χ4n) is 2.71. The van der Waals surface area contributed by atoms with Crippen LogP contribution in [0.4, 0.5) is 0 Å². The average molecular weight is 426 g/mol. The SMILES string of the molecule is COc1ccc(-c2nnc(SCc3csc(-c4cccc(OC)c4)n3)n2N)cc1.